The maximum atomic E-state index is 13.9. The summed E-state index contributed by atoms with van der Waals surface area (Å²) in [5.41, 5.74) is -2.08. The average molecular weight is 791 g/mol. The summed E-state index contributed by atoms with van der Waals surface area (Å²) in [6.45, 7) is 21.4. The minimum atomic E-state index is -1.11. The first-order chi connectivity index (χ1) is 26.3. The van der Waals surface area contributed by atoms with E-state index in [1.807, 2.05) is 27.0 Å². The van der Waals surface area contributed by atoms with E-state index >= 15 is 0 Å². The maximum absolute atomic E-state index is 13.9. The number of carbonyl (C=O) groups excluding carboxylic acids is 2. The van der Waals surface area contributed by atoms with E-state index in [9.17, 15) is 19.8 Å². The zero-order valence-electron chi connectivity index (χ0n) is 37.0. The highest BCUT2D eigenvalue weighted by atomic mass is 16.7. The van der Waals surface area contributed by atoms with Crippen LogP contribution in [0.3, 0.4) is 0 Å². The highest BCUT2D eigenvalue weighted by Crippen LogP contribution is 2.70. The number of carbonyl (C=O) groups is 2. The molecule has 0 aromatic carbocycles. The number of methoxy groups -OCH3 is 4. The third kappa shape index (κ3) is 6.84. The molecule has 56 heavy (non-hydrogen) atoms. The van der Waals surface area contributed by atoms with E-state index in [0.717, 1.165) is 51.4 Å². The molecule has 17 atom stereocenters. The van der Waals surface area contributed by atoms with Gasteiger partial charge >= 0.3 is 0 Å². The summed E-state index contributed by atoms with van der Waals surface area (Å²) in [5, 5.41) is 20.5. The molecule has 0 aromatic rings. The van der Waals surface area contributed by atoms with Crippen LogP contribution < -0.4 is 0 Å². The molecule has 0 aromatic heterocycles. The predicted molar refractivity (Wildman–Crippen MR) is 215 cm³/mol. The van der Waals surface area contributed by atoms with Gasteiger partial charge in [0, 0.05) is 56.5 Å². The second-order valence-corrected chi connectivity index (χ2v) is 20.1. The topological polar surface area (TPSA) is 130 Å². The fourth-order valence-electron chi connectivity index (χ4n) is 14.3. The van der Waals surface area contributed by atoms with Gasteiger partial charge in [0.2, 0.25) is 0 Å². The predicted octanol–water partition coefficient (Wildman–Crippen LogP) is 7.42. The molecule has 0 amide bonds. The largest absolute Gasteiger partial charge is 0.394 e. The van der Waals surface area contributed by atoms with Crippen LogP contribution in [-0.4, -0.2) is 101 Å². The number of ether oxygens (including phenoxy) is 6. The van der Waals surface area contributed by atoms with Crippen molar-refractivity contribution in [3.63, 3.8) is 0 Å². The van der Waals surface area contributed by atoms with E-state index < -0.39 is 23.5 Å². The van der Waals surface area contributed by atoms with E-state index in [2.05, 4.69) is 41.2 Å². The first kappa shape index (κ1) is 45.8. The Hall–Kier alpha value is -1.24. The molecule has 2 N–H and O–H groups in total. The number of allylic oxidation sites excluding steroid dienone is 1. The lowest BCUT2D eigenvalue weighted by Gasteiger charge is -2.62. The van der Waals surface area contributed by atoms with Crippen molar-refractivity contribution in [2.75, 3.05) is 48.6 Å². The Labute approximate surface area is 338 Å². The number of ketones is 2. The molecule has 6 saturated carbocycles. The lowest BCUT2D eigenvalue weighted by atomic mass is 9.43. The van der Waals surface area contributed by atoms with E-state index in [0.29, 0.717) is 36.4 Å². The molecule has 322 valence electrons. The monoisotopic (exact) mass is 791 g/mol. The molecular weight excluding hydrogens is 712 g/mol. The van der Waals surface area contributed by atoms with Crippen LogP contribution in [0.15, 0.2) is 12.7 Å². The molecule has 10 nitrogen and oxygen atoms in total. The van der Waals surface area contributed by atoms with Gasteiger partial charge in [-0.15, -0.1) is 6.58 Å². The average Bonchev–Trinajstić information content (AvgIpc) is 3.80. The fourth-order valence-corrected chi connectivity index (χ4v) is 14.3. The van der Waals surface area contributed by atoms with Crippen LogP contribution in [0, 0.1) is 68.0 Å². The molecule has 0 saturated heterocycles. The molecule has 5 unspecified atom stereocenters. The Morgan fingerprint density at radius 2 is 1.11 bits per heavy atom. The number of rotatable bonds is 11. The number of hydrogen-bond donors (Lipinski definition) is 2. The smallest absolute Gasteiger partial charge is 0.146 e. The van der Waals surface area contributed by atoms with Crippen LogP contribution in [0.5, 0.6) is 0 Å². The second-order valence-electron chi connectivity index (χ2n) is 20.1. The summed E-state index contributed by atoms with van der Waals surface area (Å²) >= 11 is 0. The van der Waals surface area contributed by atoms with Gasteiger partial charge in [0.15, 0.2) is 0 Å². The van der Waals surface area contributed by atoms with Crippen LogP contribution in [0.1, 0.15) is 120 Å². The SMILES string of the molecule is C=C[C@]1(C)C[C@@H](OCOC)[C@@]2(C)C3[C@H](OC)CCC3(CC[C@H]2C)[C@@H](C)C1=O.COCO[C@@H]1C[C@@](C)(C(O)CO)C(=O)[C@H](C)C23CC[C@@H](C)[C@]1(C)C2[C@H](OC)CC3. The van der Waals surface area contributed by atoms with Crippen molar-refractivity contribution < 1.29 is 48.2 Å². The van der Waals surface area contributed by atoms with E-state index in [1.165, 1.54) is 0 Å². The molecule has 0 radical (unpaired) electrons. The van der Waals surface area contributed by atoms with Crippen molar-refractivity contribution in [1.29, 1.82) is 0 Å². The maximum Gasteiger partial charge on any atom is 0.146 e. The molecule has 0 spiro atoms. The third-order valence-corrected chi connectivity index (χ3v) is 18.3. The molecule has 4 bridgehead atoms. The van der Waals surface area contributed by atoms with Gasteiger partial charge in [-0.3, -0.25) is 9.59 Å². The van der Waals surface area contributed by atoms with Gasteiger partial charge in [0.1, 0.15) is 25.2 Å². The summed E-state index contributed by atoms with van der Waals surface area (Å²) in [5.74, 6) is 1.60. The molecular formula is C46H78O10. The number of aliphatic hydroxyl groups excluding tert-OH is 2. The van der Waals surface area contributed by atoms with E-state index in [1.54, 1.807) is 28.3 Å². The van der Waals surface area contributed by atoms with Crippen LogP contribution in [-0.2, 0) is 38.0 Å². The van der Waals surface area contributed by atoms with E-state index in [-0.39, 0.29) is 83.2 Å². The Balaban J connectivity index is 0.000000215. The zero-order chi connectivity index (χ0) is 41.6. The lowest BCUT2D eigenvalue weighted by molar-refractivity contribution is -0.226. The first-order valence-electron chi connectivity index (χ1n) is 21.6. The van der Waals surface area contributed by atoms with Gasteiger partial charge in [0.25, 0.3) is 0 Å². The molecule has 0 aliphatic heterocycles. The Morgan fingerprint density at radius 3 is 1.50 bits per heavy atom. The Bertz CT molecular complexity index is 1410. The van der Waals surface area contributed by atoms with Gasteiger partial charge in [-0.1, -0.05) is 47.6 Å². The standard InChI is InChI=1S/C23H40O6.C23H38O4/c1-14-7-9-23-10-8-16(28-6)19(23)22(14,4)18(29-13-27-5)11-21(3,17(25)12-24)20(26)15(23)2;1-8-21(4)13-18(27-14-25-6)22(5)15(2)9-11-23(16(3)20(21)24)12-10-17(26-7)19(22)23/h14-19,24-25H,7-13H2,1-6H3;8,15-19H,1,9-14H2,2-7H3/t14-,15+,16-,17?,18-,19?,21+,22+,23?;15-,16+,17-,18-,19?,21-,22+,23?/m11/s1. The van der Waals surface area contributed by atoms with Crippen LogP contribution in [0.25, 0.3) is 0 Å². The Morgan fingerprint density at radius 1 is 0.696 bits per heavy atom. The highest BCUT2D eigenvalue weighted by molar-refractivity contribution is 5.89. The Kier molecular flexibility index (Phi) is 13.9. The van der Waals surface area contributed by atoms with Crippen LogP contribution in [0.2, 0.25) is 0 Å². The second kappa shape index (κ2) is 17.0. The van der Waals surface area contributed by atoms with Crippen LogP contribution >= 0.6 is 0 Å². The summed E-state index contributed by atoms with van der Waals surface area (Å²) < 4.78 is 35.1. The van der Waals surface area contributed by atoms with Crippen molar-refractivity contribution in [3.8, 4) is 0 Å². The summed E-state index contributed by atoms with van der Waals surface area (Å²) in [7, 11) is 6.87. The van der Waals surface area contributed by atoms with Crippen molar-refractivity contribution in [2.45, 2.75) is 150 Å². The van der Waals surface area contributed by atoms with Gasteiger partial charge < -0.3 is 38.6 Å². The van der Waals surface area contributed by atoms with Gasteiger partial charge in [-0.25, -0.2) is 0 Å². The highest BCUT2D eigenvalue weighted by Gasteiger charge is 2.70. The summed E-state index contributed by atoms with van der Waals surface area (Å²) in [6, 6.07) is 0. The summed E-state index contributed by atoms with van der Waals surface area (Å²) in [6.07, 6.45) is 9.99. The van der Waals surface area contributed by atoms with Gasteiger partial charge in [-0.05, 0) is 113 Å². The lowest BCUT2D eigenvalue weighted by Crippen LogP contribution is -2.64. The normalized spacial score (nSPS) is 49.3. The van der Waals surface area contributed by atoms with Gasteiger partial charge in [0.05, 0.1) is 42.5 Å². The number of Topliss-reactive ketones (excluding diaryl/α,β-unsaturated/α-hetero) is 2. The van der Waals surface area contributed by atoms with Crippen LogP contribution in [0.4, 0.5) is 0 Å². The third-order valence-electron chi connectivity index (χ3n) is 18.3. The number of aliphatic hydroxyl groups is 2. The van der Waals surface area contributed by atoms with Crippen molar-refractivity contribution in [3.05, 3.63) is 12.7 Å². The zero-order valence-corrected chi connectivity index (χ0v) is 37.0. The molecule has 0 heterocycles. The molecule has 6 fully saturated rings. The van der Waals surface area contributed by atoms with Crippen molar-refractivity contribution in [1.82, 2.24) is 0 Å². The van der Waals surface area contributed by atoms with Gasteiger partial charge in [-0.2, -0.15) is 0 Å². The molecule has 6 aliphatic rings. The molecule has 6 rings (SSSR count). The fraction of sp³-hybridized carbons (Fsp3) is 0.913. The van der Waals surface area contributed by atoms with E-state index in [4.69, 9.17) is 28.4 Å². The minimum absolute atomic E-state index is 0.00160. The molecule has 10 heteroatoms. The van der Waals surface area contributed by atoms with Crippen molar-refractivity contribution in [2.24, 2.45) is 68.0 Å². The minimum Gasteiger partial charge on any atom is -0.394 e. The summed E-state index contributed by atoms with van der Waals surface area (Å²) in [4.78, 5) is 27.5. The number of hydrogen-bond acceptors (Lipinski definition) is 10. The quantitative estimate of drug-likeness (QED) is 0.161. The molecule has 6 aliphatic carbocycles. The van der Waals surface area contributed by atoms with Crippen molar-refractivity contribution >= 4 is 11.6 Å². The first-order valence-corrected chi connectivity index (χ1v) is 21.6.